The molecule has 0 aliphatic heterocycles. The van der Waals surface area contributed by atoms with E-state index in [0.717, 1.165) is 18.2 Å². The van der Waals surface area contributed by atoms with Crippen molar-refractivity contribution in [1.29, 1.82) is 0 Å². The summed E-state index contributed by atoms with van der Waals surface area (Å²) in [6.07, 6.45) is 0.175. The molecule has 0 aliphatic rings. The van der Waals surface area contributed by atoms with Crippen LogP contribution in [0.5, 0.6) is 5.75 Å². The van der Waals surface area contributed by atoms with Crippen LogP contribution in [0.2, 0.25) is 0 Å². The van der Waals surface area contributed by atoms with E-state index >= 15 is 0 Å². The molecule has 4 nitrogen and oxygen atoms in total. The lowest BCUT2D eigenvalue weighted by molar-refractivity contribution is 0.304. The molecule has 0 bridgehead atoms. The zero-order valence-corrected chi connectivity index (χ0v) is 7.78. The van der Waals surface area contributed by atoms with E-state index < -0.39 is 11.6 Å². The highest BCUT2D eigenvalue weighted by Crippen LogP contribution is 2.15. The number of rotatable bonds is 4. The molecule has 15 heavy (non-hydrogen) atoms. The second-order valence-electron chi connectivity index (χ2n) is 2.79. The summed E-state index contributed by atoms with van der Waals surface area (Å²) in [4.78, 5) is 0. The predicted octanol–water partition coefficient (Wildman–Crippen LogP) is 1.48. The third-order valence-corrected chi connectivity index (χ3v) is 1.59. The molecule has 0 heterocycles. The maximum atomic E-state index is 12.7. The summed E-state index contributed by atoms with van der Waals surface area (Å²) >= 11 is 0. The van der Waals surface area contributed by atoms with Crippen LogP contribution in [0.1, 0.15) is 6.42 Å². The van der Waals surface area contributed by atoms with Gasteiger partial charge in [0.25, 0.3) is 0 Å². The molecule has 0 aliphatic carbocycles. The van der Waals surface area contributed by atoms with Crippen molar-refractivity contribution in [1.82, 2.24) is 0 Å². The fraction of sp³-hybridized carbons (Fsp3) is 0.222. The normalized spacial score (nSPS) is 11.5. The maximum Gasteiger partial charge on any atom is 0.142 e. The van der Waals surface area contributed by atoms with Gasteiger partial charge in [0, 0.05) is 24.6 Å². The molecule has 3 N–H and O–H groups in total. The summed E-state index contributed by atoms with van der Waals surface area (Å²) in [6.45, 7) is 0.0821. The lowest BCUT2D eigenvalue weighted by Gasteiger charge is -2.05. The molecule has 0 unspecified atom stereocenters. The Bertz CT molecular complexity index is 349. The van der Waals surface area contributed by atoms with Gasteiger partial charge >= 0.3 is 0 Å². The summed E-state index contributed by atoms with van der Waals surface area (Å²) < 4.78 is 30.3. The first-order chi connectivity index (χ1) is 7.11. The van der Waals surface area contributed by atoms with Crippen molar-refractivity contribution in [2.75, 3.05) is 6.61 Å². The van der Waals surface area contributed by atoms with Crippen molar-refractivity contribution < 1.29 is 18.7 Å². The van der Waals surface area contributed by atoms with Gasteiger partial charge in [-0.25, -0.2) is 8.78 Å². The molecule has 1 rings (SSSR count). The van der Waals surface area contributed by atoms with Gasteiger partial charge in [0.2, 0.25) is 0 Å². The SMILES string of the molecule is NC(CCOc1cc(F)cc(F)c1)=NO. The van der Waals surface area contributed by atoms with Crippen LogP contribution in [-0.4, -0.2) is 17.6 Å². The van der Waals surface area contributed by atoms with Crippen molar-refractivity contribution >= 4 is 5.84 Å². The number of nitrogens with zero attached hydrogens (tertiary/aromatic N) is 1. The van der Waals surface area contributed by atoms with Gasteiger partial charge in [-0.3, -0.25) is 0 Å². The van der Waals surface area contributed by atoms with E-state index in [1.165, 1.54) is 0 Å². The Kier molecular flexibility index (Phi) is 3.84. The number of ether oxygens (including phenoxy) is 1. The summed E-state index contributed by atoms with van der Waals surface area (Å²) in [5, 5.41) is 10.9. The van der Waals surface area contributed by atoms with Gasteiger partial charge in [0.1, 0.15) is 23.2 Å². The third-order valence-electron chi connectivity index (χ3n) is 1.59. The molecule has 82 valence electrons. The molecule has 0 spiro atoms. The highest BCUT2D eigenvalue weighted by atomic mass is 19.1. The molecule has 0 fully saturated rings. The van der Waals surface area contributed by atoms with Gasteiger partial charge in [-0.2, -0.15) is 0 Å². The fourth-order valence-corrected chi connectivity index (χ4v) is 0.935. The number of hydrogen-bond acceptors (Lipinski definition) is 3. The zero-order chi connectivity index (χ0) is 11.3. The van der Waals surface area contributed by atoms with Crippen molar-refractivity contribution in [3.8, 4) is 5.75 Å². The van der Waals surface area contributed by atoms with Crippen molar-refractivity contribution in [3.63, 3.8) is 0 Å². The topological polar surface area (TPSA) is 67.8 Å². The summed E-state index contributed by atoms with van der Waals surface area (Å²) in [7, 11) is 0. The first-order valence-corrected chi connectivity index (χ1v) is 4.17. The Morgan fingerprint density at radius 1 is 1.33 bits per heavy atom. The molecule has 6 heteroatoms. The standard InChI is InChI=1S/C9H10F2N2O2/c10-6-3-7(11)5-8(4-6)15-2-1-9(12)13-14/h3-5,14H,1-2H2,(H2,12,13). The van der Waals surface area contributed by atoms with E-state index in [4.69, 9.17) is 15.7 Å². The number of benzene rings is 1. The Morgan fingerprint density at radius 3 is 2.47 bits per heavy atom. The van der Waals surface area contributed by atoms with Crippen LogP contribution < -0.4 is 10.5 Å². The number of amidine groups is 1. The summed E-state index contributed by atoms with van der Waals surface area (Å²) in [5.41, 5.74) is 5.17. The second kappa shape index (κ2) is 5.14. The van der Waals surface area contributed by atoms with Crippen LogP contribution >= 0.6 is 0 Å². The van der Waals surface area contributed by atoms with E-state index in [1.807, 2.05) is 0 Å². The largest absolute Gasteiger partial charge is 0.493 e. The summed E-state index contributed by atoms with van der Waals surface area (Å²) in [5.74, 6) is -1.37. The van der Waals surface area contributed by atoms with Crippen molar-refractivity contribution in [2.45, 2.75) is 6.42 Å². The van der Waals surface area contributed by atoms with Crippen molar-refractivity contribution in [3.05, 3.63) is 29.8 Å². The van der Waals surface area contributed by atoms with Crippen LogP contribution in [0.25, 0.3) is 0 Å². The zero-order valence-electron chi connectivity index (χ0n) is 7.78. The van der Waals surface area contributed by atoms with Crippen LogP contribution in [-0.2, 0) is 0 Å². The Labute approximate surface area is 85.0 Å². The fourth-order valence-electron chi connectivity index (χ4n) is 0.935. The molecule has 0 radical (unpaired) electrons. The van der Waals surface area contributed by atoms with Gasteiger partial charge in [-0.05, 0) is 0 Å². The lowest BCUT2D eigenvalue weighted by Crippen LogP contribution is -2.15. The molecular weight excluding hydrogens is 206 g/mol. The Balaban J connectivity index is 2.51. The lowest BCUT2D eigenvalue weighted by atomic mass is 10.3. The van der Waals surface area contributed by atoms with Crippen LogP contribution in [0, 0.1) is 11.6 Å². The van der Waals surface area contributed by atoms with Gasteiger partial charge in [0.15, 0.2) is 0 Å². The molecule has 1 aromatic rings. The molecule has 0 amide bonds. The van der Waals surface area contributed by atoms with Gasteiger partial charge in [-0.1, -0.05) is 5.16 Å². The van der Waals surface area contributed by atoms with E-state index in [9.17, 15) is 8.78 Å². The number of halogens is 2. The van der Waals surface area contributed by atoms with E-state index in [0.29, 0.717) is 0 Å². The number of hydrogen-bond donors (Lipinski definition) is 2. The molecule has 0 saturated carbocycles. The third kappa shape index (κ3) is 3.80. The molecule has 0 aromatic heterocycles. The molecule has 0 atom stereocenters. The van der Waals surface area contributed by atoms with Gasteiger partial charge in [-0.15, -0.1) is 0 Å². The molecular formula is C9H10F2N2O2. The summed E-state index contributed by atoms with van der Waals surface area (Å²) in [6, 6.07) is 2.85. The monoisotopic (exact) mass is 216 g/mol. The number of oxime groups is 1. The minimum atomic E-state index is -0.714. The average Bonchev–Trinajstić information content (AvgIpc) is 2.16. The van der Waals surface area contributed by atoms with Gasteiger partial charge < -0.3 is 15.7 Å². The minimum Gasteiger partial charge on any atom is -0.493 e. The molecule has 0 saturated heterocycles. The predicted molar refractivity (Wildman–Crippen MR) is 49.9 cm³/mol. The highest BCUT2D eigenvalue weighted by Gasteiger charge is 2.01. The first-order valence-electron chi connectivity index (χ1n) is 4.17. The molecule has 1 aromatic carbocycles. The van der Waals surface area contributed by atoms with Crippen LogP contribution in [0.4, 0.5) is 8.78 Å². The minimum absolute atomic E-state index is 0.00752. The second-order valence-corrected chi connectivity index (χ2v) is 2.79. The van der Waals surface area contributed by atoms with E-state index in [1.54, 1.807) is 0 Å². The van der Waals surface area contributed by atoms with Gasteiger partial charge in [0.05, 0.1) is 6.61 Å². The van der Waals surface area contributed by atoms with Crippen LogP contribution in [0.3, 0.4) is 0 Å². The van der Waals surface area contributed by atoms with Crippen molar-refractivity contribution in [2.24, 2.45) is 10.9 Å². The smallest absolute Gasteiger partial charge is 0.142 e. The number of nitrogens with two attached hydrogens (primary N) is 1. The maximum absolute atomic E-state index is 12.7. The van der Waals surface area contributed by atoms with E-state index in [2.05, 4.69) is 5.16 Å². The Morgan fingerprint density at radius 2 is 1.93 bits per heavy atom. The average molecular weight is 216 g/mol. The van der Waals surface area contributed by atoms with E-state index in [-0.39, 0.29) is 24.6 Å². The Hall–Kier alpha value is -1.85. The van der Waals surface area contributed by atoms with Crippen LogP contribution in [0.15, 0.2) is 23.4 Å². The quantitative estimate of drug-likeness (QED) is 0.346. The highest BCUT2D eigenvalue weighted by molar-refractivity contribution is 5.79. The first kappa shape index (κ1) is 11.2.